The standard InChI is InChI=1S/C9H18O2/c1-6-7(2)11-8(10)9(3,4)5/h7H,6H2,1-5H3. The number of esters is 1. The van der Waals surface area contributed by atoms with Crippen LogP contribution in [-0.4, -0.2) is 12.1 Å². The fourth-order valence-corrected chi connectivity index (χ4v) is 0.443. The smallest absolute Gasteiger partial charge is 0.311 e. The van der Waals surface area contributed by atoms with Gasteiger partial charge in [0.05, 0.1) is 11.5 Å². The Labute approximate surface area is 68.9 Å². The highest BCUT2D eigenvalue weighted by Gasteiger charge is 2.24. The number of ether oxygens (including phenoxy) is 1. The number of hydrogen-bond donors (Lipinski definition) is 0. The van der Waals surface area contributed by atoms with E-state index in [1.165, 1.54) is 0 Å². The first-order valence-electron chi connectivity index (χ1n) is 4.09. The van der Waals surface area contributed by atoms with Crippen molar-refractivity contribution in [3.05, 3.63) is 0 Å². The normalized spacial score (nSPS) is 14.3. The molecule has 2 heteroatoms. The summed E-state index contributed by atoms with van der Waals surface area (Å²) in [5, 5.41) is 0. The Kier molecular flexibility index (Phi) is 3.56. The Morgan fingerprint density at radius 1 is 1.45 bits per heavy atom. The van der Waals surface area contributed by atoms with Gasteiger partial charge >= 0.3 is 5.97 Å². The van der Waals surface area contributed by atoms with Gasteiger partial charge in [0, 0.05) is 0 Å². The SMILES string of the molecule is CCC(C)OC(=O)C(C)(C)C. The highest BCUT2D eigenvalue weighted by Crippen LogP contribution is 2.16. The summed E-state index contributed by atoms with van der Waals surface area (Å²) in [6.07, 6.45) is 0.920. The van der Waals surface area contributed by atoms with Crippen molar-refractivity contribution in [2.75, 3.05) is 0 Å². The molecule has 0 heterocycles. The van der Waals surface area contributed by atoms with Gasteiger partial charge in [-0.2, -0.15) is 0 Å². The minimum Gasteiger partial charge on any atom is -0.462 e. The Bertz CT molecular complexity index is 133. The topological polar surface area (TPSA) is 26.3 Å². The molecule has 0 saturated carbocycles. The maximum atomic E-state index is 11.2. The fraction of sp³-hybridized carbons (Fsp3) is 0.889. The van der Waals surface area contributed by atoms with E-state index in [2.05, 4.69) is 0 Å². The molecule has 0 spiro atoms. The summed E-state index contributed by atoms with van der Waals surface area (Å²) in [5.74, 6) is -0.119. The van der Waals surface area contributed by atoms with Crippen LogP contribution >= 0.6 is 0 Å². The second-order valence-electron chi connectivity index (χ2n) is 3.87. The second-order valence-corrected chi connectivity index (χ2v) is 3.87. The lowest BCUT2D eigenvalue weighted by molar-refractivity contribution is -0.157. The predicted molar refractivity (Wildman–Crippen MR) is 45.3 cm³/mol. The van der Waals surface area contributed by atoms with E-state index in [4.69, 9.17) is 4.74 Å². The summed E-state index contributed by atoms with van der Waals surface area (Å²) in [6, 6.07) is 0. The van der Waals surface area contributed by atoms with Crippen LogP contribution in [0.1, 0.15) is 41.0 Å². The molecule has 0 rings (SSSR count). The van der Waals surface area contributed by atoms with Gasteiger partial charge in [0.15, 0.2) is 0 Å². The van der Waals surface area contributed by atoms with Crippen molar-refractivity contribution in [1.82, 2.24) is 0 Å². The van der Waals surface area contributed by atoms with Gasteiger partial charge in [-0.15, -0.1) is 0 Å². The molecule has 0 radical (unpaired) electrons. The van der Waals surface area contributed by atoms with E-state index < -0.39 is 0 Å². The third-order valence-corrected chi connectivity index (χ3v) is 1.50. The molecular formula is C9H18O2. The van der Waals surface area contributed by atoms with Crippen LogP contribution in [0.5, 0.6) is 0 Å². The molecule has 11 heavy (non-hydrogen) atoms. The molecule has 0 aromatic rings. The molecule has 66 valence electrons. The van der Waals surface area contributed by atoms with E-state index in [0.717, 1.165) is 6.42 Å². The molecule has 0 amide bonds. The molecular weight excluding hydrogens is 140 g/mol. The molecule has 0 bridgehead atoms. The molecule has 0 fully saturated rings. The van der Waals surface area contributed by atoms with E-state index in [1.54, 1.807) is 0 Å². The Morgan fingerprint density at radius 2 is 1.91 bits per heavy atom. The van der Waals surface area contributed by atoms with Crippen LogP contribution in [0, 0.1) is 5.41 Å². The van der Waals surface area contributed by atoms with Crippen LogP contribution in [0.3, 0.4) is 0 Å². The average molecular weight is 158 g/mol. The van der Waals surface area contributed by atoms with Crippen molar-refractivity contribution in [3.63, 3.8) is 0 Å². The lowest BCUT2D eigenvalue weighted by Gasteiger charge is -2.19. The van der Waals surface area contributed by atoms with E-state index in [9.17, 15) is 4.79 Å². The Hall–Kier alpha value is -0.530. The molecule has 0 N–H and O–H groups in total. The third-order valence-electron chi connectivity index (χ3n) is 1.50. The summed E-state index contributed by atoms with van der Waals surface area (Å²) in [6.45, 7) is 9.48. The number of carbonyl (C=O) groups is 1. The zero-order valence-electron chi connectivity index (χ0n) is 8.10. The maximum Gasteiger partial charge on any atom is 0.311 e. The van der Waals surface area contributed by atoms with Crippen molar-refractivity contribution in [2.45, 2.75) is 47.1 Å². The minimum atomic E-state index is -0.372. The molecule has 2 nitrogen and oxygen atoms in total. The summed E-state index contributed by atoms with van der Waals surface area (Å²) in [4.78, 5) is 11.2. The van der Waals surface area contributed by atoms with Crippen LogP contribution in [-0.2, 0) is 9.53 Å². The van der Waals surface area contributed by atoms with Crippen molar-refractivity contribution < 1.29 is 9.53 Å². The lowest BCUT2D eigenvalue weighted by atomic mass is 9.97. The summed E-state index contributed by atoms with van der Waals surface area (Å²) in [5.41, 5.74) is -0.372. The van der Waals surface area contributed by atoms with Gasteiger partial charge < -0.3 is 4.74 Å². The lowest BCUT2D eigenvalue weighted by Crippen LogP contribution is -2.26. The second kappa shape index (κ2) is 3.74. The van der Waals surface area contributed by atoms with E-state index in [-0.39, 0.29) is 17.5 Å². The first-order chi connectivity index (χ1) is 4.88. The van der Waals surface area contributed by atoms with Gasteiger partial charge in [-0.25, -0.2) is 0 Å². The minimum absolute atomic E-state index is 0.0433. The Balaban J connectivity index is 3.88. The van der Waals surface area contributed by atoms with Gasteiger partial charge in [0.1, 0.15) is 0 Å². The Morgan fingerprint density at radius 3 is 2.18 bits per heavy atom. The monoisotopic (exact) mass is 158 g/mol. The van der Waals surface area contributed by atoms with Gasteiger partial charge in [-0.05, 0) is 34.1 Å². The van der Waals surface area contributed by atoms with Gasteiger partial charge in [0.2, 0.25) is 0 Å². The zero-order valence-corrected chi connectivity index (χ0v) is 8.10. The van der Waals surface area contributed by atoms with Crippen LogP contribution in [0.15, 0.2) is 0 Å². The van der Waals surface area contributed by atoms with Gasteiger partial charge in [0.25, 0.3) is 0 Å². The summed E-state index contributed by atoms with van der Waals surface area (Å²) >= 11 is 0. The van der Waals surface area contributed by atoms with Gasteiger partial charge in [-0.1, -0.05) is 6.92 Å². The van der Waals surface area contributed by atoms with Crippen molar-refractivity contribution >= 4 is 5.97 Å². The molecule has 0 aliphatic heterocycles. The van der Waals surface area contributed by atoms with Crippen LogP contribution < -0.4 is 0 Å². The number of rotatable bonds is 2. The number of carbonyl (C=O) groups excluding carboxylic acids is 1. The quantitative estimate of drug-likeness (QED) is 0.577. The first-order valence-corrected chi connectivity index (χ1v) is 4.09. The third kappa shape index (κ3) is 4.02. The largest absolute Gasteiger partial charge is 0.462 e. The van der Waals surface area contributed by atoms with Crippen molar-refractivity contribution in [1.29, 1.82) is 0 Å². The number of hydrogen-bond acceptors (Lipinski definition) is 2. The van der Waals surface area contributed by atoms with Gasteiger partial charge in [-0.3, -0.25) is 4.79 Å². The highest BCUT2D eigenvalue weighted by atomic mass is 16.5. The average Bonchev–Trinajstić information content (AvgIpc) is 1.85. The zero-order chi connectivity index (χ0) is 9.07. The van der Waals surface area contributed by atoms with Crippen LogP contribution in [0.2, 0.25) is 0 Å². The van der Waals surface area contributed by atoms with Crippen molar-refractivity contribution in [2.24, 2.45) is 5.41 Å². The predicted octanol–water partition coefficient (Wildman–Crippen LogP) is 2.37. The first kappa shape index (κ1) is 10.5. The molecule has 0 aromatic heterocycles. The van der Waals surface area contributed by atoms with Crippen molar-refractivity contribution in [3.8, 4) is 0 Å². The molecule has 0 aromatic carbocycles. The fourth-order valence-electron chi connectivity index (χ4n) is 0.443. The highest BCUT2D eigenvalue weighted by molar-refractivity contribution is 5.75. The van der Waals surface area contributed by atoms with E-state index in [1.807, 2.05) is 34.6 Å². The molecule has 0 aliphatic rings. The molecule has 1 atom stereocenters. The maximum absolute atomic E-state index is 11.2. The molecule has 1 unspecified atom stereocenters. The van der Waals surface area contributed by atoms with E-state index in [0.29, 0.717) is 0 Å². The van der Waals surface area contributed by atoms with E-state index >= 15 is 0 Å². The van der Waals surface area contributed by atoms with Crippen LogP contribution in [0.25, 0.3) is 0 Å². The summed E-state index contributed by atoms with van der Waals surface area (Å²) in [7, 11) is 0. The molecule has 0 saturated heterocycles. The summed E-state index contributed by atoms with van der Waals surface area (Å²) < 4.78 is 5.12. The molecule has 0 aliphatic carbocycles. The van der Waals surface area contributed by atoms with Crippen LogP contribution in [0.4, 0.5) is 0 Å².